The van der Waals surface area contributed by atoms with Gasteiger partial charge in [0.1, 0.15) is 12.4 Å². The molecule has 27 heavy (non-hydrogen) atoms. The van der Waals surface area contributed by atoms with Gasteiger partial charge >= 0.3 is 0 Å². The van der Waals surface area contributed by atoms with E-state index in [4.69, 9.17) is 16.3 Å². The van der Waals surface area contributed by atoms with Crippen LogP contribution in [0.4, 0.5) is 0 Å². The first-order valence-electron chi connectivity index (χ1n) is 9.54. The molecular weight excluding hydrogens is 360 g/mol. The van der Waals surface area contributed by atoms with Crippen LogP contribution in [0.3, 0.4) is 0 Å². The number of piperidine rings is 1. The largest absolute Gasteiger partial charge is 0.492 e. The standard InChI is InChI=1S/C22H27ClN2O2/c1-17-4-2-7-21(14-17)27-13-10-24-22(26)19-8-11-25(12-9-19)16-18-5-3-6-20(23)15-18/h2-7,14-15,19H,8-13,16H2,1H3,(H,24,26). The first-order chi connectivity index (χ1) is 13.1. The maximum absolute atomic E-state index is 12.4. The summed E-state index contributed by atoms with van der Waals surface area (Å²) in [7, 11) is 0. The highest BCUT2D eigenvalue weighted by atomic mass is 35.5. The maximum atomic E-state index is 12.4. The van der Waals surface area contributed by atoms with E-state index in [1.165, 1.54) is 11.1 Å². The van der Waals surface area contributed by atoms with Gasteiger partial charge in [-0.2, -0.15) is 0 Å². The molecule has 0 unspecified atom stereocenters. The van der Waals surface area contributed by atoms with Crippen LogP contribution in [-0.4, -0.2) is 37.0 Å². The Bertz CT molecular complexity index is 757. The molecule has 2 aromatic carbocycles. The van der Waals surface area contributed by atoms with Crippen LogP contribution in [0.5, 0.6) is 5.75 Å². The fourth-order valence-electron chi connectivity index (χ4n) is 3.44. The summed E-state index contributed by atoms with van der Waals surface area (Å²) in [5.74, 6) is 1.09. The van der Waals surface area contributed by atoms with Crippen molar-refractivity contribution in [2.45, 2.75) is 26.3 Å². The molecule has 1 N–H and O–H groups in total. The first-order valence-corrected chi connectivity index (χ1v) is 9.92. The minimum absolute atomic E-state index is 0.0968. The van der Waals surface area contributed by atoms with Gasteiger partial charge in [0, 0.05) is 17.5 Å². The number of aryl methyl sites for hydroxylation is 1. The molecule has 1 fully saturated rings. The Labute approximate surface area is 166 Å². The Hall–Kier alpha value is -2.04. The molecule has 1 amide bonds. The van der Waals surface area contributed by atoms with Crippen LogP contribution in [0.2, 0.25) is 5.02 Å². The first kappa shape index (κ1) is 19.7. The molecule has 0 radical (unpaired) electrons. The summed E-state index contributed by atoms with van der Waals surface area (Å²) in [5, 5.41) is 3.78. The highest BCUT2D eigenvalue weighted by Gasteiger charge is 2.24. The zero-order chi connectivity index (χ0) is 19.1. The van der Waals surface area contributed by atoms with Crippen LogP contribution >= 0.6 is 11.6 Å². The summed E-state index contributed by atoms with van der Waals surface area (Å²) in [5.41, 5.74) is 2.39. The van der Waals surface area contributed by atoms with Crippen molar-refractivity contribution in [3.63, 3.8) is 0 Å². The van der Waals surface area contributed by atoms with E-state index in [1.54, 1.807) is 0 Å². The van der Waals surface area contributed by atoms with E-state index in [2.05, 4.69) is 16.3 Å². The zero-order valence-corrected chi connectivity index (χ0v) is 16.5. The monoisotopic (exact) mass is 386 g/mol. The van der Waals surface area contributed by atoms with Gasteiger partial charge in [-0.25, -0.2) is 0 Å². The molecule has 0 aliphatic carbocycles. The Kier molecular flexibility index (Phi) is 7.13. The summed E-state index contributed by atoms with van der Waals surface area (Å²) in [4.78, 5) is 14.8. The smallest absolute Gasteiger partial charge is 0.223 e. The van der Waals surface area contributed by atoms with E-state index >= 15 is 0 Å². The van der Waals surface area contributed by atoms with Gasteiger partial charge in [0.05, 0.1) is 6.54 Å². The van der Waals surface area contributed by atoms with Gasteiger partial charge in [0.25, 0.3) is 0 Å². The molecule has 4 nitrogen and oxygen atoms in total. The summed E-state index contributed by atoms with van der Waals surface area (Å²) >= 11 is 6.05. The second-order valence-corrected chi connectivity index (χ2v) is 7.57. The minimum Gasteiger partial charge on any atom is -0.492 e. The topological polar surface area (TPSA) is 41.6 Å². The number of carbonyl (C=O) groups excluding carboxylic acids is 1. The number of rotatable bonds is 7. The van der Waals surface area contributed by atoms with Crippen molar-refractivity contribution in [3.8, 4) is 5.75 Å². The van der Waals surface area contributed by atoms with Crippen molar-refractivity contribution >= 4 is 17.5 Å². The van der Waals surface area contributed by atoms with Crippen molar-refractivity contribution in [2.75, 3.05) is 26.2 Å². The normalized spacial score (nSPS) is 15.5. The van der Waals surface area contributed by atoms with Crippen molar-refractivity contribution in [2.24, 2.45) is 5.92 Å². The Morgan fingerprint density at radius 2 is 1.96 bits per heavy atom. The number of benzene rings is 2. The average molecular weight is 387 g/mol. The number of hydrogen-bond acceptors (Lipinski definition) is 3. The van der Waals surface area contributed by atoms with Crippen molar-refractivity contribution < 1.29 is 9.53 Å². The number of amides is 1. The van der Waals surface area contributed by atoms with Crippen molar-refractivity contribution in [1.29, 1.82) is 0 Å². The molecule has 0 bridgehead atoms. The van der Waals surface area contributed by atoms with Crippen molar-refractivity contribution in [3.05, 3.63) is 64.7 Å². The molecule has 144 valence electrons. The van der Waals surface area contributed by atoms with Crippen LogP contribution in [0.25, 0.3) is 0 Å². The van der Waals surface area contributed by atoms with E-state index in [0.29, 0.717) is 13.2 Å². The van der Waals surface area contributed by atoms with Crippen LogP contribution in [0.1, 0.15) is 24.0 Å². The third kappa shape index (κ3) is 6.26. The van der Waals surface area contributed by atoms with Gasteiger partial charge < -0.3 is 10.1 Å². The molecule has 0 spiro atoms. The molecule has 1 saturated heterocycles. The van der Waals surface area contributed by atoms with Gasteiger partial charge in [-0.05, 0) is 68.2 Å². The number of carbonyl (C=O) groups is 1. The zero-order valence-electron chi connectivity index (χ0n) is 15.8. The van der Waals surface area contributed by atoms with Crippen LogP contribution < -0.4 is 10.1 Å². The molecule has 5 heteroatoms. The number of hydrogen-bond donors (Lipinski definition) is 1. The van der Waals surface area contributed by atoms with Gasteiger partial charge in [-0.1, -0.05) is 35.9 Å². The lowest BCUT2D eigenvalue weighted by Gasteiger charge is -2.31. The Morgan fingerprint density at radius 1 is 1.19 bits per heavy atom. The highest BCUT2D eigenvalue weighted by molar-refractivity contribution is 6.30. The van der Waals surface area contributed by atoms with E-state index in [1.807, 2.05) is 49.4 Å². The van der Waals surface area contributed by atoms with E-state index in [9.17, 15) is 4.79 Å². The van der Waals surface area contributed by atoms with Gasteiger partial charge in [0.2, 0.25) is 5.91 Å². The quantitative estimate of drug-likeness (QED) is 0.730. The number of nitrogens with one attached hydrogen (secondary N) is 1. The van der Waals surface area contributed by atoms with E-state index in [0.717, 1.165) is 43.2 Å². The molecule has 2 aromatic rings. The Balaban J connectivity index is 1.34. The van der Waals surface area contributed by atoms with Gasteiger partial charge in [-0.15, -0.1) is 0 Å². The minimum atomic E-state index is 0.0968. The van der Waals surface area contributed by atoms with E-state index < -0.39 is 0 Å². The van der Waals surface area contributed by atoms with Crippen molar-refractivity contribution in [1.82, 2.24) is 10.2 Å². The summed E-state index contributed by atoms with van der Waals surface area (Å²) in [6.45, 7) is 5.82. The van der Waals surface area contributed by atoms with Gasteiger partial charge in [-0.3, -0.25) is 9.69 Å². The van der Waals surface area contributed by atoms with Gasteiger partial charge in [0.15, 0.2) is 0 Å². The number of ether oxygens (including phenoxy) is 1. The van der Waals surface area contributed by atoms with E-state index in [-0.39, 0.29) is 11.8 Å². The predicted octanol–water partition coefficient (Wildman–Crippen LogP) is 4.06. The van der Waals surface area contributed by atoms with Crippen LogP contribution in [-0.2, 0) is 11.3 Å². The predicted molar refractivity (Wildman–Crippen MR) is 109 cm³/mol. The van der Waals surface area contributed by atoms with Crippen LogP contribution in [0.15, 0.2) is 48.5 Å². The molecule has 3 rings (SSSR count). The lowest BCUT2D eigenvalue weighted by atomic mass is 9.95. The number of halogens is 1. The third-order valence-electron chi connectivity index (χ3n) is 4.91. The third-order valence-corrected chi connectivity index (χ3v) is 5.15. The molecule has 0 aromatic heterocycles. The lowest BCUT2D eigenvalue weighted by molar-refractivity contribution is -0.126. The summed E-state index contributed by atoms with van der Waals surface area (Å²) < 4.78 is 5.68. The maximum Gasteiger partial charge on any atom is 0.223 e. The highest BCUT2D eigenvalue weighted by Crippen LogP contribution is 2.20. The molecular formula is C22H27ClN2O2. The lowest BCUT2D eigenvalue weighted by Crippen LogP contribution is -2.41. The SMILES string of the molecule is Cc1cccc(OCCNC(=O)C2CCN(Cc3cccc(Cl)c3)CC2)c1. The molecule has 1 aliphatic heterocycles. The second-order valence-electron chi connectivity index (χ2n) is 7.14. The summed E-state index contributed by atoms with van der Waals surface area (Å²) in [6, 6.07) is 15.9. The van der Waals surface area contributed by atoms with Crippen LogP contribution in [0, 0.1) is 12.8 Å². The Morgan fingerprint density at radius 3 is 2.70 bits per heavy atom. The molecule has 0 saturated carbocycles. The second kappa shape index (κ2) is 9.77. The average Bonchev–Trinajstić information content (AvgIpc) is 2.66. The summed E-state index contributed by atoms with van der Waals surface area (Å²) in [6.07, 6.45) is 1.79. The fraction of sp³-hybridized carbons (Fsp3) is 0.409. The fourth-order valence-corrected chi connectivity index (χ4v) is 3.65. The molecule has 0 atom stereocenters. The number of likely N-dealkylation sites (tertiary alicyclic amines) is 1. The number of nitrogens with zero attached hydrogens (tertiary/aromatic N) is 1. The molecule has 1 heterocycles. The molecule has 1 aliphatic rings.